The summed E-state index contributed by atoms with van der Waals surface area (Å²) in [5, 5.41) is 14.0. The predicted octanol–water partition coefficient (Wildman–Crippen LogP) is 3.51. The molecular formula is C19H22N2O6. The molecule has 8 heteroatoms. The van der Waals surface area contributed by atoms with Crippen molar-refractivity contribution in [2.75, 3.05) is 7.11 Å². The number of nitro groups is 1. The Labute approximate surface area is 156 Å². The lowest BCUT2D eigenvalue weighted by Crippen LogP contribution is -2.23. The van der Waals surface area contributed by atoms with Gasteiger partial charge in [0, 0.05) is 17.2 Å². The van der Waals surface area contributed by atoms with E-state index in [9.17, 15) is 19.7 Å². The average molecular weight is 374 g/mol. The second-order valence-corrected chi connectivity index (χ2v) is 7.10. The normalized spacial score (nSPS) is 11.1. The molecule has 0 fully saturated rings. The summed E-state index contributed by atoms with van der Waals surface area (Å²) < 4.78 is 10.1. The summed E-state index contributed by atoms with van der Waals surface area (Å²) in [6.07, 6.45) is 0. The highest BCUT2D eigenvalue weighted by atomic mass is 16.6. The Hall–Kier alpha value is -3.16. The van der Waals surface area contributed by atoms with E-state index in [1.807, 2.05) is 20.8 Å². The minimum absolute atomic E-state index is 0.0332. The van der Waals surface area contributed by atoms with E-state index in [0.717, 1.165) is 0 Å². The molecule has 0 saturated carbocycles. The first kappa shape index (κ1) is 20.2. The number of hydrogen-bond donors (Lipinski definition) is 1. The van der Waals surface area contributed by atoms with Gasteiger partial charge in [0.2, 0.25) is 0 Å². The number of carbonyl (C=O) groups excluding carboxylic acids is 2. The van der Waals surface area contributed by atoms with Crippen molar-refractivity contribution in [3.63, 3.8) is 0 Å². The first-order chi connectivity index (χ1) is 12.5. The van der Waals surface area contributed by atoms with Crippen LogP contribution in [0.4, 0.5) is 5.69 Å². The number of benzene rings is 1. The molecule has 0 spiro atoms. The van der Waals surface area contributed by atoms with E-state index >= 15 is 0 Å². The van der Waals surface area contributed by atoms with Crippen molar-refractivity contribution in [1.82, 2.24) is 5.32 Å². The second-order valence-electron chi connectivity index (χ2n) is 7.10. The van der Waals surface area contributed by atoms with Crippen LogP contribution in [-0.2, 0) is 16.7 Å². The lowest BCUT2D eigenvalue weighted by atomic mass is 9.85. The Bertz CT molecular complexity index is 892. The highest BCUT2D eigenvalue weighted by Crippen LogP contribution is 2.31. The van der Waals surface area contributed by atoms with Crippen molar-refractivity contribution in [2.45, 2.75) is 39.7 Å². The van der Waals surface area contributed by atoms with E-state index in [1.54, 1.807) is 19.1 Å². The molecule has 0 radical (unpaired) electrons. The molecule has 1 heterocycles. The summed E-state index contributed by atoms with van der Waals surface area (Å²) in [7, 11) is 1.27. The minimum Gasteiger partial charge on any atom is -0.465 e. The molecule has 0 unspecified atom stereocenters. The van der Waals surface area contributed by atoms with Crippen LogP contribution in [0.1, 0.15) is 58.6 Å². The number of furan rings is 1. The van der Waals surface area contributed by atoms with Crippen molar-refractivity contribution in [2.24, 2.45) is 0 Å². The first-order valence-corrected chi connectivity index (χ1v) is 8.29. The highest BCUT2D eigenvalue weighted by molar-refractivity contribution is 5.95. The summed E-state index contributed by atoms with van der Waals surface area (Å²) in [6, 6.07) is 5.91. The van der Waals surface area contributed by atoms with Gasteiger partial charge in [-0.1, -0.05) is 26.8 Å². The number of nitrogens with one attached hydrogen (secondary N) is 1. The first-order valence-electron chi connectivity index (χ1n) is 8.29. The summed E-state index contributed by atoms with van der Waals surface area (Å²) in [5.74, 6) is -0.243. The average Bonchev–Trinajstić information content (AvgIpc) is 2.98. The second kappa shape index (κ2) is 7.61. The predicted molar refractivity (Wildman–Crippen MR) is 97.8 cm³/mol. The maximum absolute atomic E-state index is 12.4. The van der Waals surface area contributed by atoms with Crippen LogP contribution in [0.3, 0.4) is 0 Å². The number of hydrogen-bond acceptors (Lipinski definition) is 6. The number of nitro benzene ring substituents is 1. The fourth-order valence-electron chi connectivity index (χ4n) is 2.67. The van der Waals surface area contributed by atoms with Gasteiger partial charge in [0.25, 0.3) is 11.6 Å². The maximum atomic E-state index is 12.4. The Morgan fingerprint density at radius 1 is 1.26 bits per heavy atom. The van der Waals surface area contributed by atoms with Crippen molar-refractivity contribution in [1.29, 1.82) is 0 Å². The quantitative estimate of drug-likeness (QED) is 0.487. The molecule has 2 aromatic rings. The minimum atomic E-state index is -0.526. The molecule has 0 bridgehead atoms. The molecule has 8 nitrogen and oxygen atoms in total. The number of carbonyl (C=O) groups is 2. The fraction of sp³-hybridized carbons (Fsp3) is 0.368. The van der Waals surface area contributed by atoms with E-state index in [1.165, 1.54) is 19.2 Å². The van der Waals surface area contributed by atoms with E-state index in [4.69, 9.17) is 4.42 Å². The van der Waals surface area contributed by atoms with Crippen molar-refractivity contribution < 1.29 is 23.7 Å². The number of methoxy groups -OCH3 is 1. The zero-order valence-corrected chi connectivity index (χ0v) is 15.9. The van der Waals surface area contributed by atoms with Crippen LogP contribution in [0, 0.1) is 17.0 Å². The van der Waals surface area contributed by atoms with Gasteiger partial charge in [0.1, 0.15) is 17.1 Å². The van der Waals surface area contributed by atoms with Crippen LogP contribution in [0.5, 0.6) is 0 Å². The van der Waals surface area contributed by atoms with E-state index in [0.29, 0.717) is 17.1 Å². The third-order valence-corrected chi connectivity index (χ3v) is 4.06. The van der Waals surface area contributed by atoms with Gasteiger partial charge in [0.05, 0.1) is 18.6 Å². The Morgan fingerprint density at radius 3 is 2.48 bits per heavy atom. The van der Waals surface area contributed by atoms with Crippen molar-refractivity contribution >= 4 is 17.6 Å². The third kappa shape index (κ3) is 4.52. The van der Waals surface area contributed by atoms with Crippen LogP contribution in [0.25, 0.3) is 0 Å². The summed E-state index contributed by atoms with van der Waals surface area (Å²) >= 11 is 0. The summed E-state index contributed by atoms with van der Waals surface area (Å²) in [4.78, 5) is 34.8. The molecule has 0 aliphatic heterocycles. The largest absolute Gasteiger partial charge is 0.465 e. The number of aryl methyl sites for hydroxylation is 1. The van der Waals surface area contributed by atoms with Gasteiger partial charge in [-0.15, -0.1) is 0 Å². The lowest BCUT2D eigenvalue weighted by Gasteiger charge is -2.19. The smallest absolute Gasteiger partial charge is 0.341 e. The lowest BCUT2D eigenvalue weighted by molar-refractivity contribution is -0.386. The molecule has 1 amide bonds. The SMILES string of the molecule is COC(=O)c1cc(CNC(=O)c2ccc(C(C)(C)C)c([N+](=O)[O-])c2)oc1C. The van der Waals surface area contributed by atoms with Crippen molar-refractivity contribution in [3.05, 3.63) is 62.6 Å². The molecule has 0 aliphatic carbocycles. The van der Waals surface area contributed by atoms with E-state index in [2.05, 4.69) is 10.1 Å². The number of rotatable bonds is 5. The van der Waals surface area contributed by atoms with Gasteiger partial charge in [-0.25, -0.2) is 4.79 Å². The van der Waals surface area contributed by atoms with Gasteiger partial charge in [-0.05, 0) is 24.5 Å². The third-order valence-electron chi connectivity index (χ3n) is 4.06. The fourth-order valence-corrected chi connectivity index (χ4v) is 2.67. The molecule has 1 aromatic carbocycles. The van der Waals surface area contributed by atoms with E-state index < -0.39 is 22.2 Å². The van der Waals surface area contributed by atoms with Crippen LogP contribution in [0.15, 0.2) is 28.7 Å². The molecule has 0 atom stereocenters. The van der Waals surface area contributed by atoms with Crippen LogP contribution in [0.2, 0.25) is 0 Å². The van der Waals surface area contributed by atoms with Gasteiger partial charge in [-0.2, -0.15) is 0 Å². The number of ether oxygens (including phenoxy) is 1. The Morgan fingerprint density at radius 2 is 1.93 bits per heavy atom. The zero-order chi connectivity index (χ0) is 20.4. The standard InChI is InChI=1S/C19H22N2O6/c1-11-14(18(23)26-5)9-13(27-11)10-20-17(22)12-6-7-15(19(2,3)4)16(8-12)21(24)25/h6-9H,10H2,1-5H3,(H,20,22). The van der Waals surface area contributed by atoms with Crippen molar-refractivity contribution in [3.8, 4) is 0 Å². The summed E-state index contributed by atoms with van der Waals surface area (Å²) in [6.45, 7) is 7.26. The molecule has 0 saturated heterocycles. The number of nitrogens with zero attached hydrogens (tertiary/aromatic N) is 1. The topological polar surface area (TPSA) is 112 Å². The monoisotopic (exact) mass is 374 g/mol. The number of amides is 1. The molecule has 1 aromatic heterocycles. The molecule has 0 aliphatic rings. The Kier molecular flexibility index (Phi) is 5.68. The zero-order valence-electron chi connectivity index (χ0n) is 15.9. The van der Waals surface area contributed by atoms with Gasteiger partial charge in [-0.3, -0.25) is 14.9 Å². The molecular weight excluding hydrogens is 352 g/mol. The van der Waals surface area contributed by atoms with E-state index in [-0.39, 0.29) is 23.4 Å². The molecule has 144 valence electrons. The van der Waals surface area contributed by atoms with Gasteiger partial charge >= 0.3 is 5.97 Å². The van der Waals surface area contributed by atoms with Gasteiger partial charge < -0.3 is 14.5 Å². The molecule has 2 rings (SSSR count). The van der Waals surface area contributed by atoms with Crippen LogP contribution >= 0.6 is 0 Å². The number of esters is 1. The van der Waals surface area contributed by atoms with Crippen LogP contribution < -0.4 is 5.32 Å². The Balaban J connectivity index is 2.18. The summed E-state index contributed by atoms with van der Waals surface area (Å²) in [5.41, 5.74) is 0.483. The highest BCUT2D eigenvalue weighted by Gasteiger charge is 2.26. The van der Waals surface area contributed by atoms with Gasteiger partial charge in [0.15, 0.2) is 0 Å². The maximum Gasteiger partial charge on any atom is 0.341 e. The molecule has 27 heavy (non-hydrogen) atoms. The molecule has 1 N–H and O–H groups in total. The van der Waals surface area contributed by atoms with Crippen LogP contribution in [-0.4, -0.2) is 23.9 Å².